The molecule has 2 N–H and O–H groups in total. The van der Waals surface area contributed by atoms with Crippen LogP contribution in [0.2, 0.25) is 0 Å². The molecule has 1 aromatic rings. The molecule has 0 amide bonds. The van der Waals surface area contributed by atoms with Crippen LogP contribution in [-0.4, -0.2) is 11.2 Å². The Bertz CT molecular complexity index is 244. The molecule has 0 aromatic carbocycles. The first kappa shape index (κ1) is 8.14. The average Bonchev–Trinajstić information content (AvgIpc) is 2.07. The van der Waals surface area contributed by atoms with Gasteiger partial charge in [-0.2, -0.15) is 0 Å². The third-order valence-corrected chi connectivity index (χ3v) is 1.73. The number of rotatable bonds is 2. The minimum Gasteiger partial charge on any atom is -0.398 e. The zero-order chi connectivity index (χ0) is 8.10. The van der Waals surface area contributed by atoms with Gasteiger partial charge in [-0.15, -0.1) is 11.8 Å². The van der Waals surface area contributed by atoms with Crippen LogP contribution in [-0.2, 0) is 0 Å². The maximum Gasteiger partial charge on any atom is 0.0467 e. The van der Waals surface area contributed by atoms with Gasteiger partial charge in [-0.1, -0.05) is 0 Å². The van der Waals surface area contributed by atoms with E-state index in [1.165, 1.54) is 0 Å². The van der Waals surface area contributed by atoms with E-state index in [9.17, 15) is 0 Å². The molecular weight excluding hydrogens is 156 g/mol. The molecule has 0 radical (unpaired) electrons. The van der Waals surface area contributed by atoms with Crippen molar-refractivity contribution in [3.63, 3.8) is 0 Å². The molecule has 0 unspecified atom stereocenters. The predicted molar refractivity (Wildman–Crippen MR) is 49.9 cm³/mol. The van der Waals surface area contributed by atoms with Crippen molar-refractivity contribution in [1.29, 1.82) is 0 Å². The van der Waals surface area contributed by atoms with Gasteiger partial charge < -0.3 is 5.73 Å². The van der Waals surface area contributed by atoms with Crippen molar-refractivity contribution >= 4 is 17.5 Å². The second kappa shape index (κ2) is 4.03. The molecule has 11 heavy (non-hydrogen) atoms. The van der Waals surface area contributed by atoms with Gasteiger partial charge in [0, 0.05) is 23.7 Å². The number of hydrogen-bond donors (Lipinski definition) is 1. The predicted octanol–water partition coefficient (Wildman–Crippen LogP) is 1.70. The average molecular weight is 166 g/mol. The number of thioether (sulfide) groups is 1. The molecule has 2 nitrogen and oxygen atoms in total. The van der Waals surface area contributed by atoms with Gasteiger partial charge in [-0.25, -0.2) is 0 Å². The Balaban J connectivity index is 2.85. The zero-order valence-corrected chi connectivity index (χ0v) is 7.14. The van der Waals surface area contributed by atoms with E-state index in [1.807, 2.05) is 23.8 Å². The molecule has 1 aromatic heterocycles. The highest BCUT2D eigenvalue weighted by molar-refractivity contribution is 8.01. The maximum atomic E-state index is 5.71. The van der Waals surface area contributed by atoms with Crippen LogP contribution < -0.4 is 5.73 Å². The highest BCUT2D eigenvalue weighted by Gasteiger charge is 1.92. The highest BCUT2D eigenvalue weighted by Crippen LogP contribution is 2.09. The molecule has 0 aliphatic heterocycles. The molecule has 0 bridgehead atoms. The summed E-state index contributed by atoms with van der Waals surface area (Å²) in [4.78, 5) is 3.96. The van der Waals surface area contributed by atoms with Gasteiger partial charge in [-0.05, 0) is 23.8 Å². The third-order valence-electron chi connectivity index (χ3n) is 1.24. The quantitative estimate of drug-likeness (QED) is 0.726. The second-order valence-corrected chi connectivity index (χ2v) is 2.76. The Morgan fingerprint density at radius 3 is 3.09 bits per heavy atom. The van der Waals surface area contributed by atoms with E-state index in [4.69, 9.17) is 5.73 Å². The molecule has 58 valence electrons. The largest absolute Gasteiger partial charge is 0.398 e. The van der Waals surface area contributed by atoms with Crippen LogP contribution in [0.1, 0.15) is 5.56 Å². The molecule has 0 spiro atoms. The number of nitrogens with zero attached hydrogens (tertiary/aromatic N) is 1. The molecule has 0 aliphatic rings. The Hall–Kier alpha value is -0.960. The summed E-state index contributed by atoms with van der Waals surface area (Å²) >= 11 is 1.59. The number of pyridine rings is 1. The van der Waals surface area contributed by atoms with Crippen LogP contribution in [0.25, 0.3) is 5.70 Å². The Morgan fingerprint density at radius 1 is 1.73 bits per heavy atom. The minimum absolute atomic E-state index is 0.769. The standard InChI is InChI=1S/C8H10N2S/c1-11-6-8(9)7-3-2-4-10-5-7/h2-6H,9H2,1H3/b8-6-. The Labute approximate surface area is 70.5 Å². The normalized spacial score (nSPS) is 11.5. The first-order valence-electron chi connectivity index (χ1n) is 3.23. The summed E-state index contributed by atoms with van der Waals surface area (Å²) in [5, 5.41) is 1.90. The molecule has 0 saturated carbocycles. The topological polar surface area (TPSA) is 38.9 Å². The van der Waals surface area contributed by atoms with Gasteiger partial charge in [0.2, 0.25) is 0 Å². The smallest absolute Gasteiger partial charge is 0.0467 e. The second-order valence-electron chi connectivity index (χ2n) is 2.05. The monoisotopic (exact) mass is 166 g/mol. The number of hydrogen-bond acceptors (Lipinski definition) is 3. The van der Waals surface area contributed by atoms with Crippen LogP contribution in [0.3, 0.4) is 0 Å². The van der Waals surface area contributed by atoms with E-state index < -0.39 is 0 Å². The lowest BCUT2D eigenvalue weighted by molar-refractivity contribution is 1.30. The van der Waals surface area contributed by atoms with Crippen molar-refractivity contribution in [2.45, 2.75) is 0 Å². The van der Waals surface area contributed by atoms with Crippen LogP contribution >= 0.6 is 11.8 Å². The van der Waals surface area contributed by atoms with Crippen LogP contribution in [0.5, 0.6) is 0 Å². The summed E-state index contributed by atoms with van der Waals surface area (Å²) in [5.74, 6) is 0. The summed E-state index contributed by atoms with van der Waals surface area (Å²) in [6.07, 6.45) is 5.46. The van der Waals surface area contributed by atoms with Crippen LogP contribution in [0.4, 0.5) is 0 Å². The van der Waals surface area contributed by atoms with Gasteiger partial charge >= 0.3 is 0 Å². The first-order chi connectivity index (χ1) is 5.34. The van der Waals surface area contributed by atoms with E-state index >= 15 is 0 Å². The van der Waals surface area contributed by atoms with Gasteiger partial charge in [-0.3, -0.25) is 4.98 Å². The summed E-state index contributed by atoms with van der Waals surface area (Å²) < 4.78 is 0. The Kier molecular flexibility index (Phi) is 2.98. The lowest BCUT2D eigenvalue weighted by Gasteiger charge is -1.97. The van der Waals surface area contributed by atoms with Crippen molar-refractivity contribution in [3.8, 4) is 0 Å². The highest BCUT2D eigenvalue weighted by atomic mass is 32.2. The van der Waals surface area contributed by atoms with Gasteiger partial charge in [0.25, 0.3) is 0 Å². The molecule has 0 saturated heterocycles. The van der Waals surface area contributed by atoms with Gasteiger partial charge in [0.1, 0.15) is 0 Å². The van der Waals surface area contributed by atoms with Crippen molar-refractivity contribution in [2.75, 3.05) is 6.26 Å². The van der Waals surface area contributed by atoms with Crippen molar-refractivity contribution in [1.82, 2.24) is 4.98 Å². The Morgan fingerprint density at radius 2 is 2.55 bits per heavy atom. The fourth-order valence-electron chi connectivity index (χ4n) is 0.729. The third kappa shape index (κ3) is 2.27. The van der Waals surface area contributed by atoms with Crippen LogP contribution in [0, 0.1) is 0 Å². The fourth-order valence-corrected chi connectivity index (χ4v) is 1.12. The zero-order valence-electron chi connectivity index (χ0n) is 6.32. The fraction of sp³-hybridized carbons (Fsp3) is 0.125. The molecular formula is C8H10N2S. The first-order valence-corrected chi connectivity index (χ1v) is 4.52. The van der Waals surface area contributed by atoms with Gasteiger partial charge in [0.15, 0.2) is 0 Å². The van der Waals surface area contributed by atoms with E-state index in [2.05, 4.69) is 4.98 Å². The van der Waals surface area contributed by atoms with E-state index in [0.717, 1.165) is 11.3 Å². The van der Waals surface area contributed by atoms with E-state index in [0.29, 0.717) is 0 Å². The minimum atomic E-state index is 0.769. The maximum absolute atomic E-state index is 5.71. The van der Waals surface area contributed by atoms with Crippen molar-refractivity contribution < 1.29 is 0 Å². The van der Waals surface area contributed by atoms with Crippen molar-refractivity contribution in [2.24, 2.45) is 5.73 Å². The molecule has 1 rings (SSSR count). The van der Waals surface area contributed by atoms with E-state index in [1.54, 1.807) is 24.2 Å². The molecule has 0 atom stereocenters. The molecule has 0 fully saturated rings. The lowest BCUT2D eigenvalue weighted by atomic mass is 10.2. The summed E-state index contributed by atoms with van der Waals surface area (Å²) in [5.41, 5.74) is 7.45. The summed E-state index contributed by atoms with van der Waals surface area (Å²) in [7, 11) is 0. The molecule has 0 aliphatic carbocycles. The number of nitrogens with two attached hydrogens (primary N) is 1. The van der Waals surface area contributed by atoms with Crippen LogP contribution in [0.15, 0.2) is 29.9 Å². The number of aromatic nitrogens is 1. The lowest BCUT2D eigenvalue weighted by Crippen LogP contribution is -1.95. The van der Waals surface area contributed by atoms with E-state index in [-0.39, 0.29) is 0 Å². The molecule has 3 heteroatoms. The van der Waals surface area contributed by atoms with Crippen molar-refractivity contribution in [3.05, 3.63) is 35.5 Å². The molecule has 1 heterocycles. The summed E-state index contributed by atoms with van der Waals surface area (Å²) in [6.45, 7) is 0. The summed E-state index contributed by atoms with van der Waals surface area (Å²) in [6, 6.07) is 3.81. The van der Waals surface area contributed by atoms with Gasteiger partial charge in [0.05, 0.1) is 0 Å². The SMILES string of the molecule is CS/C=C(\N)c1cccnc1.